The molecule has 0 amide bonds. The topological polar surface area (TPSA) is 29.5 Å². The zero-order chi connectivity index (χ0) is 37.7. The van der Waals surface area contributed by atoms with Crippen molar-refractivity contribution in [1.82, 2.24) is 0 Å². The van der Waals surface area contributed by atoms with Gasteiger partial charge in [-0.25, -0.2) is 0 Å². The Bertz CT molecular complexity index is 3100. The zero-order valence-electron chi connectivity index (χ0n) is 31.0. The molecule has 11 rings (SSSR count). The Hall–Kier alpha value is -7.62. The van der Waals surface area contributed by atoms with Crippen molar-refractivity contribution in [3.05, 3.63) is 212 Å². The summed E-state index contributed by atoms with van der Waals surface area (Å²) >= 11 is 0. The zero-order valence-corrected chi connectivity index (χ0v) is 31.0. The van der Waals surface area contributed by atoms with Gasteiger partial charge < -0.3 is 13.7 Å². The Morgan fingerprint density at radius 3 is 1.18 bits per heavy atom. The Morgan fingerprint density at radius 2 is 0.632 bits per heavy atom. The van der Waals surface area contributed by atoms with Crippen molar-refractivity contribution in [3.63, 3.8) is 0 Å². The molecule has 0 bridgehead atoms. The lowest BCUT2D eigenvalue weighted by Gasteiger charge is -2.27. The van der Waals surface area contributed by atoms with Crippen molar-refractivity contribution < 1.29 is 8.83 Å². The van der Waals surface area contributed by atoms with Crippen LogP contribution in [0, 0.1) is 0 Å². The van der Waals surface area contributed by atoms with E-state index in [0.29, 0.717) is 0 Å². The summed E-state index contributed by atoms with van der Waals surface area (Å²) in [4.78, 5) is 2.36. The summed E-state index contributed by atoms with van der Waals surface area (Å²) in [6.07, 6.45) is 0. The molecule has 2 aromatic heterocycles. The Labute approximate surface area is 330 Å². The monoisotopic (exact) mass is 729 g/mol. The fourth-order valence-electron chi connectivity index (χ4n) is 8.35. The van der Waals surface area contributed by atoms with Gasteiger partial charge in [-0.15, -0.1) is 0 Å². The van der Waals surface area contributed by atoms with Crippen molar-refractivity contribution >= 4 is 60.9 Å². The molecule has 0 aliphatic rings. The van der Waals surface area contributed by atoms with E-state index in [2.05, 4.69) is 193 Å². The minimum absolute atomic E-state index is 0.891. The third-order valence-electron chi connectivity index (χ3n) is 11.0. The fourth-order valence-corrected chi connectivity index (χ4v) is 8.35. The molecule has 0 saturated carbocycles. The molecule has 2 heterocycles. The first-order valence-corrected chi connectivity index (χ1v) is 19.3. The van der Waals surface area contributed by atoms with Gasteiger partial charge in [-0.2, -0.15) is 0 Å². The molecule has 268 valence electrons. The Balaban J connectivity index is 1.08. The molecule has 9 aromatic carbocycles. The van der Waals surface area contributed by atoms with Crippen molar-refractivity contribution in [2.24, 2.45) is 0 Å². The van der Waals surface area contributed by atoms with Crippen molar-refractivity contribution in [2.45, 2.75) is 0 Å². The Kier molecular flexibility index (Phi) is 7.82. The van der Waals surface area contributed by atoms with E-state index in [9.17, 15) is 0 Å². The van der Waals surface area contributed by atoms with Crippen LogP contribution >= 0.6 is 0 Å². The van der Waals surface area contributed by atoms with Crippen LogP contribution in [0.5, 0.6) is 0 Å². The number of furan rings is 2. The molecule has 0 unspecified atom stereocenters. The first kappa shape index (κ1) is 32.8. The van der Waals surface area contributed by atoms with E-state index in [0.717, 1.165) is 94.3 Å². The summed E-state index contributed by atoms with van der Waals surface area (Å²) < 4.78 is 13.0. The molecule has 0 saturated heterocycles. The van der Waals surface area contributed by atoms with E-state index < -0.39 is 0 Å². The number of para-hydroxylation sites is 4. The van der Waals surface area contributed by atoms with Crippen LogP contribution in [-0.4, -0.2) is 0 Å². The highest BCUT2D eigenvalue weighted by Crippen LogP contribution is 2.43. The first-order chi connectivity index (χ1) is 28.2. The number of anilines is 3. The molecule has 0 N–H and O–H groups in total. The van der Waals surface area contributed by atoms with E-state index in [-0.39, 0.29) is 0 Å². The van der Waals surface area contributed by atoms with E-state index >= 15 is 0 Å². The molecular formula is C54H35NO2. The molecule has 3 nitrogen and oxygen atoms in total. The summed E-state index contributed by atoms with van der Waals surface area (Å²) in [6.45, 7) is 0. The summed E-state index contributed by atoms with van der Waals surface area (Å²) in [5, 5.41) is 4.47. The van der Waals surface area contributed by atoms with Gasteiger partial charge in [0.15, 0.2) is 0 Å². The second-order valence-electron chi connectivity index (χ2n) is 14.5. The van der Waals surface area contributed by atoms with Crippen LogP contribution < -0.4 is 4.90 Å². The Morgan fingerprint density at radius 1 is 0.263 bits per heavy atom. The molecule has 0 aliphatic heterocycles. The van der Waals surface area contributed by atoms with Gasteiger partial charge >= 0.3 is 0 Å². The SMILES string of the molecule is c1ccc(-c2cccc(-c3cccc(N(c4cccc(-c5cccc6c5oc5ccccc56)c4)c4cccc(-c5cccc6c5oc5ccccc56)c4)c3)c2)cc1. The number of rotatable bonds is 7. The van der Waals surface area contributed by atoms with Crippen LogP contribution in [0.25, 0.3) is 88.4 Å². The largest absolute Gasteiger partial charge is 0.455 e. The molecule has 57 heavy (non-hydrogen) atoms. The van der Waals surface area contributed by atoms with Gasteiger partial charge in [0.25, 0.3) is 0 Å². The number of nitrogens with zero attached hydrogens (tertiary/aromatic N) is 1. The summed E-state index contributed by atoms with van der Waals surface area (Å²) in [5.74, 6) is 0. The third kappa shape index (κ3) is 5.76. The summed E-state index contributed by atoms with van der Waals surface area (Å²) in [5.41, 5.74) is 15.7. The number of hydrogen-bond donors (Lipinski definition) is 0. The normalized spacial score (nSPS) is 11.5. The van der Waals surface area contributed by atoms with Crippen LogP contribution in [-0.2, 0) is 0 Å². The maximum Gasteiger partial charge on any atom is 0.143 e. The average Bonchev–Trinajstić information content (AvgIpc) is 3.86. The smallest absolute Gasteiger partial charge is 0.143 e. The predicted octanol–water partition coefficient (Wildman–Crippen LogP) is 15.6. The van der Waals surface area contributed by atoms with Crippen molar-refractivity contribution in [3.8, 4) is 44.5 Å². The first-order valence-electron chi connectivity index (χ1n) is 19.3. The third-order valence-corrected chi connectivity index (χ3v) is 11.0. The lowest BCUT2D eigenvalue weighted by atomic mass is 9.98. The highest BCUT2D eigenvalue weighted by molar-refractivity contribution is 6.11. The number of fused-ring (bicyclic) bond motifs is 6. The van der Waals surface area contributed by atoms with E-state index in [4.69, 9.17) is 8.83 Å². The van der Waals surface area contributed by atoms with Crippen molar-refractivity contribution in [1.29, 1.82) is 0 Å². The molecule has 0 atom stereocenters. The van der Waals surface area contributed by atoms with Gasteiger partial charge in [-0.3, -0.25) is 0 Å². The summed E-state index contributed by atoms with van der Waals surface area (Å²) in [6, 6.07) is 75.2. The maximum absolute atomic E-state index is 6.51. The second kappa shape index (κ2) is 13.6. The van der Waals surface area contributed by atoms with Gasteiger partial charge in [0, 0.05) is 49.7 Å². The average molecular weight is 730 g/mol. The number of hydrogen-bond acceptors (Lipinski definition) is 3. The minimum Gasteiger partial charge on any atom is -0.455 e. The standard InChI is InChI=1S/C54H35NO2/c1-2-14-36(15-3-1)37-16-8-17-38(32-37)39-18-9-21-42(33-39)55(43-22-10-19-40(34-43)45-26-12-28-49-47-24-4-6-30-51(47)56-53(45)49)44-23-11-20-41(35-44)46-27-13-29-50-48-25-5-7-31-52(48)57-54(46)50/h1-35H. The van der Waals surface area contributed by atoms with E-state index in [1.807, 2.05) is 24.3 Å². The van der Waals surface area contributed by atoms with E-state index in [1.54, 1.807) is 0 Å². The van der Waals surface area contributed by atoms with Crippen LogP contribution in [0.1, 0.15) is 0 Å². The van der Waals surface area contributed by atoms with Gasteiger partial charge in [0.1, 0.15) is 22.3 Å². The molecule has 0 aliphatic carbocycles. The molecule has 0 radical (unpaired) electrons. The minimum atomic E-state index is 0.891. The van der Waals surface area contributed by atoms with Crippen LogP contribution in [0.3, 0.4) is 0 Å². The lowest BCUT2D eigenvalue weighted by Crippen LogP contribution is -2.10. The molecule has 0 spiro atoms. The van der Waals surface area contributed by atoms with Gasteiger partial charge in [-0.1, -0.05) is 158 Å². The highest BCUT2D eigenvalue weighted by atomic mass is 16.3. The lowest BCUT2D eigenvalue weighted by molar-refractivity contribution is 0.669. The second-order valence-corrected chi connectivity index (χ2v) is 14.5. The maximum atomic E-state index is 6.51. The highest BCUT2D eigenvalue weighted by Gasteiger charge is 2.19. The van der Waals surface area contributed by atoms with Crippen molar-refractivity contribution in [2.75, 3.05) is 4.90 Å². The number of benzene rings is 9. The van der Waals surface area contributed by atoms with Crippen LogP contribution in [0.15, 0.2) is 221 Å². The predicted molar refractivity (Wildman–Crippen MR) is 237 cm³/mol. The molecular weight excluding hydrogens is 695 g/mol. The van der Waals surface area contributed by atoms with Gasteiger partial charge in [0.2, 0.25) is 0 Å². The molecule has 11 aromatic rings. The van der Waals surface area contributed by atoms with E-state index in [1.165, 1.54) is 11.1 Å². The van der Waals surface area contributed by atoms with Crippen LogP contribution in [0.4, 0.5) is 17.1 Å². The quantitative estimate of drug-likeness (QED) is 0.164. The fraction of sp³-hybridized carbons (Fsp3) is 0. The molecule has 0 fully saturated rings. The summed E-state index contributed by atoms with van der Waals surface area (Å²) in [7, 11) is 0. The molecule has 3 heteroatoms. The van der Waals surface area contributed by atoms with Gasteiger partial charge in [0.05, 0.1) is 0 Å². The van der Waals surface area contributed by atoms with Gasteiger partial charge in [-0.05, 0) is 88.0 Å². The van der Waals surface area contributed by atoms with Crippen LogP contribution in [0.2, 0.25) is 0 Å².